The smallest absolute Gasteiger partial charge is 0.0483 e. The van der Waals surface area contributed by atoms with Gasteiger partial charge >= 0.3 is 0 Å². The van der Waals surface area contributed by atoms with E-state index in [1.807, 2.05) is 0 Å². The third kappa shape index (κ3) is 2.51. The van der Waals surface area contributed by atoms with Gasteiger partial charge < -0.3 is 15.4 Å². The lowest BCUT2D eigenvalue weighted by atomic mass is 10.1. The first-order chi connectivity index (χ1) is 8.26. The highest BCUT2D eigenvalue weighted by Crippen LogP contribution is 2.23. The molecule has 0 bridgehead atoms. The molecule has 1 heterocycles. The molecule has 0 amide bonds. The molecule has 0 spiro atoms. The maximum atomic E-state index is 8.94. The quantitative estimate of drug-likeness (QED) is 0.826. The van der Waals surface area contributed by atoms with Crippen LogP contribution in [0.1, 0.15) is 17.5 Å². The zero-order valence-electron chi connectivity index (χ0n) is 10.3. The zero-order chi connectivity index (χ0) is 12.3. The van der Waals surface area contributed by atoms with Crippen molar-refractivity contribution in [3.8, 4) is 0 Å². The van der Waals surface area contributed by atoms with Crippen molar-refractivity contribution in [2.45, 2.75) is 26.3 Å². The van der Waals surface area contributed by atoms with Gasteiger partial charge in [-0.1, -0.05) is 11.6 Å². The predicted molar refractivity (Wildman–Crippen MR) is 71.1 cm³/mol. The molecule has 0 fully saturated rings. The van der Waals surface area contributed by atoms with Gasteiger partial charge in [-0.3, -0.25) is 0 Å². The number of aryl methyl sites for hydroxylation is 2. The third-order valence-electron chi connectivity index (χ3n) is 3.09. The lowest BCUT2D eigenvalue weighted by molar-refractivity contribution is 0.288. The second-order valence-corrected chi connectivity index (χ2v) is 4.48. The van der Waals surface area contributed by atoms with Crippen molar-refractivity contribution in [1.82, 2.24) is 4.57 Å². The number of benzene rings is 1. The Balaban J connectivity index is 2.46. The highest BCUT2D eigenvalue weighted by molar-refractivity contribution is 5.84. The number of fused-ring (bicyclic) bond motifs is 1. The Morgan fingerprint density at radius 3 is 2.88 bits per heavy atom. The lowest BCUT2D eigenvalue weighted by Gasteiger charge is -2.02. The lowest BCUT2D eigenvalue weighted by Crippen LogP contribution is -2.08. The second kappa shape index (κ2) is 5.34. The molecular weight excluding hydrogens is 212 g/mol. The molecule has 3 heteroatoms. The maximum Gasteiger partial charge on any atom is 0.0483 e. The topological polar surface area (TPSA) is 51.2 Å². The minimum Gasteiger partial charge on any atom is -0.396 e. The summed E-state index contributed by atoms with van der Waals surface area (Å²) in [6.45, 7) is 3.85. The van der Waals surface area contributed by atoms with Gasteiger partial charge in [0, 0.05) is 36.8 Å². The zero-order valence-corrected chi connectivity index (χ0v) is 10.3. The highest BCUT2D eigenvalue weighted by Gasteiger charge is 2.07. The van der Waals surface area contributed by atoms with Gasteiger partial charge in [-0.05, 0) is 37.5 Å². The predicted octanol–water partition coefficient (Wildman–Crippen LogP) is 1.83. The maximum absolute atomic E-state index is 8.94. The molecule has 1 aromatic carbocycles. The van der Waals surface area contributed by atoms with Gasteiger partial charge in [-0.25, -0.2) is 0 Å². The molecule has 0 saturated carbocycles. The van der Waals surface area contributed by atoms with Crippen LogP contribution in [0.3, 0.4) is 0 Å². The van der Waals surface area contributed by atoms with Crippen LogP contribution >= 0.6 is 0 Å². The van der Waals surface area contributed by atoms with E-state index in [-0.39, 0.29) is 6.61 Å². The molecule has 0 unspecified atom stereocenters. The Morgan fingerprint density at radius 1 is 1.35 bits per heavy atom. The van der Waals surface area contributed by atoms with Gasteiger partial charge in [0.05, 0.1) is 0 Å². The molecule has 0 aliphatic rings. The molecule has 17 heavy (non-hydrogen) atoms. The molecule has 0 saturated heterocycles. The molecule has 0 aliphatic carbocycles. The van der Waals surface area contributed by atoms with E-state index >= 15 is 0 Å². The summed E-state index contributed by atoms with van der Waals surface area (Å²) in [5.74, 6) is 0. The standard InChI is InChI=1S/C14H20N2O/c1-11-4-5-14-13(9-11)12(3-2-8-17)10-16(14)7-6-15/h4-5,9-10,17H,2-3,6-8,15H2,1H3. The number of rotatable bonds is 5. The SMILES string of the molecule is Cc1ccc2c(c1)c(CCCO)cn2CCN. The number of nitrogens with two attached hydrogens (primary N) is 1. The monoisotopic (exact) mass is 232 g/mol. The van der Waals surface area contributed by atoms with E-state index < -0.39 is 0 Å². The van der Waals surface area contributed by atoms with Crippen LogP contribution in [0.25, 0.3) is 10.9 Å². The first kappa shape index (κ1) is 12.1. The number of hydrogen-bond donors (Lipinski definition) is 2. The Kier molecular flexibility index (Phi) is 3.82. The number of hydrogen-bond acceptors (Lipinski definition) is 2. The third-order valence-corrected chi connectivity index (χ3v) is 3.09. The fourth-order valence-electron chi connectivity index (χ4n) is 2.28. The summed E-state index contributed by atoms with van der Waals surface area (Å²) in [6.07, 6.45) is 3.91. The summed E-state index contributed by atoms with van der Waals surface area (Å²) < 4.78 is 2.21. The molecule has 0 aliphatic heterocycles. The van der Waals surface area contributed by atoms with Gasteiger partial charge in [0.2, 0.25) is 0 Å². The Labute approximate surface area is 102 Å². The molecule has 3 nitrogen and oxygen atoms in total. The molecule has 0 radical (unpaired) electrons. The Bertz CT molecular complexity index is 502. The van der Waals surface area contributed by atoms with Crippen LogP contribution in [0.5, 0.6) is 0 Å². The average Bonchev–Trinajstić information content (AvgIpc) is 2.65. The van der Waals surface area contributed by atoms with Crippen molar-refractivity contribution in [3.63, 3.8) is 0 Å². The van der Waals surface area contributed by atoms with Crippen molar-refractivity contribution in [2.24, 2.45) is 5.73 Å². The summed E-state index contributed by atoms with van der Waals surface area (Å²) in [7, 11) is 0. The summed E-state index contributed by atoms with van der Waals surface area (Å²) >= 11 is 0. The molecular formula is C14H20N2O. The minimum absolute atomic E-state index is 0.245. The van der Waals surface area contributed by atoms with Crippen LogP contribution in [-0.4, -0.2) is 22.8 Å². The number of aliphatic hydroxyl groups excluding tert-OH is 1. The molecule has 2 rings (SSSR count). The number of aromatic nitrogens is 1. The van der Waals surface area contributed by atoms with Crippen molar-refractivity contribution < 1.29 is 5.11 Å². The van der Waals surface area contributed by atoms with Crippen LogP contribution in [0.4, 0.5) is 0 Å². The van der Waals surface area contributed by atoms with E-state index in [4.69, 9.17) is 10.8 Å². The summed E-state index contributed by atoms with van der Waals surface area (Å²) in [5.41, 5.74) is 9.46. The van der Waals surface area contributed by atoms with Gasteiger partial charge in [0.25, 0.3) is 0 Å². The average molecular weight is 232 g/mol. The van der Waals surface area contributed by atoms with E-state index in [1.54, 1.807) is 0 Å². The fraction of sp³-hybridized carbons (Fsp3) is 0.429. The van der Waals surface area contributed by atoms with Crippen molar-refractivity contribution in [2.75, 3.05) is 13.2 Å². The summed E-state index contributed by atoms with van der Waals surface area (Å²) in [4.78, 5) is 0. The van der Waals surface area contributed by atoms with Crippen LogP contribution in [0, 0.1) is 6.92 Å². The van der Waals surface area contributed by atoms with Crippen molar-refractivity contribution in [3.05, 3.63) is 35.5 Å². The van der Waals surface area contributed by atoms with E-state index in [0.717, 1.165) is 19.4 Å². The summed E-state index contributed by atoms with van der Waals surface area (Å²) in [6, 6.07) is 6.50. The van der Waals surface area contributed by atoms with E-state index in [9.17, 15) is 0 Å². The van der Waals surface area contributed by atoms with Crippen LogP contribution in [0.2, 0.25) is 0 Å². The van der Waals surface area contributed by atoms with Gasteiger partial charge in [-0.15, -0.1) is 0 Å². The Hall–Kier alpha value is -1.32. The van der Waals surface area contributed by atoms with E-state index in [1.165, 1.54) is 22.0 Å². The Morgan fingerprint density at radius 2 is 2.18 bits per heavy atom. The van der Waals surface area contributed by atoms with Crippen molar-refractivity contribution in [1.29, 1.82) is 0 Å². The fourth-order valence-corrected chi connectivity index (χ4v) is 2.28. The highest BCUT2D eigenvalue weighted by atomic mass is 16.2. The normalized spacial score (nSPS) is 11.2. The molecule has 92 valence electrons. The van der Waals surface area contributed by atoms with Gasteiger partial charge in [0.1, 0.15) is 0 Å². The van der Waals surface area contributed by atoms with Gasteiger partial charge in [0.15, 0.2) is 0 Å². The van der Waals surface area contributed by atoms with E-state index in [2.05, 4.69) is 35.9 Å². The molecule has 3 N–H and O–H groups in total. The molecule has 1 aromatic heterocycles. The first-order valence-corrected chi connectivity index (χ1v) is 6.15. The van der Waals surface area contributed by atoms with Crippen LogP contribution in [-0.2, 0) is 13.0 Å². The summed E-state index contributed by atoms with van der Waals surface area (Å²) in [5, 5.41) is 10.2. The van der Waals surface area contributed by atoms with E-state index in [0.29, 0.717) is 6.54 Å². The van der Waals surface area contributed by atoms with Crippen LogP contribution in [0.15, 0.2) is 24.4 Å². The minimum atomic E-state index is 0.245. The second-order valence-electron chi connectivity index (χ2n) is 4.48. The molecule has 2 aromatic rings. The number of aliphatic hydroxyl groups is 1. The molecule has 0 atom stereocenters. The van der Waals surface area contributed by atoms with Crippen molar-refractivity contribution >= 4 is 10.9 Å². The largest absolute Gasteiger partial charge is 0.396 e. The first-order valence-electron chi connectivity index (χ1n) is 6.15. The number of nitrogens with zero attached hydrogens (tertiary/aromatic N) is 1. The van der Waals surface area contributed by atoms with Gasteiger partial charge in [-0.2, -0.15) is 0 Å². The van der Waals surface area contributed by atoms with Crippen LogP contribution < -0.4 is 5.73 Å².